The first-order valence-corrected chi connectivity index (χ1v) is 9.15. The molecule has 0 bridgehead atoms. The van der Waals surface area contributed by atoms with Crippen LogP contribution >= 0.6 is 0 Å². The van der Waals surface area contributed by atoms with Gasteiger partial charge in [-0.25, -0.2) is 4.79 Å². The normalized spacial score (nSPS) is 23.0. The fraction of sp³-hybridized carbons (Fsp3) is 0.684. The van der Waals surface area contributed by atoms with Gasteiger partial charge in [0.1, 0.15) is 11.5 Å². The zero-order chi connectivity index (χ0) is 18.2. The van der Waals surface area contributed by atoms with Crippen LogP contribution in [0, 0.1) is 18.3 Å². The van der Waals surface area contributed by atoms with E-state index in [1.54, 1.807) is 7.05 Å². The van der Waals surface area contributed by atoms with E-state index in [-0.39, 0.29) is 29.3 Å². The maximum Gasteiger partial charge on any atom is 0.317 e. The lowest BCUT2D eigenvalue weighted by atomic mass is 9.75. The smallest absolute Gasteiger partial charge is 0.317 e. The molecule has 0 spiro atoms. The van der Waals surface area contributed by atoms with Gasteiger partial charge in [-0.2, -0.15) is 0 Å². The molecule has 2 aliphatic rings. The molecule has 0 saturated carbocycles. The van der Waals surface area contributed by atoms with Gasteiger partial charge in [-0.15, -0.1) is 0 Å². The molecule has 3 rings (SSSR count). The van der Waals surface area contributed by atoms with Crippen molar-refractivity contribution in [2.75, 3.05) is 20.1 Å². The van der Waals surface area contributed by atoms with Crippen molar-refractivity contribution < 1.29 is 14.0 Å². The van der Waals surface area contributed by atoms with E-state index >= 15 is 0 Å². The summed E-state index contributed by atoms with van der Waals surface area (Å²) in [6.45, 7) is 7.62. The first kappa shape index (κ1) is 17.8. The average molecular weight is 347 g/mol. The molecular formula is C19H29N3O3. The molecule has 1 aromatic heterocycles. The summed E-state index contributed by atoms with van der Waals surface area (Å²) in [7, 11) is 1.66. The van der Waals surface area contributed by atoms with Crippen molar-refractivity contribution in [3.8, 4) is 0 Å². The van der Waals surface area contributed by atoms with Crippen LogP contribution in [0.1, 0.15) is 56.2 Å². The van der Waals surface area contributed by atoms with E-state index in [0.717, 1.165) is 42.8 Å². The minimum atomic E-state index is -0.0390. The van der Waals surface area contributed by atoms with E-state index in [1.165, 1.54) is 0 Å². The zero-order valence-corrected chi connectivity index (χ0v) is 15.6. The summed E-state index contributed by atoms with van der Waals surface area (Å²) in [5.41, 5.74) is 1.21. The van der Waals surface area contributed by atoms with Gasteiger partial charge in [0.15, 0.2) is 0 Å². The van der Waals surface area contributed by atoms with E-state index in [4.69, 9.17) is 4.42 Å². The molecule has 0 radical (unpaired) electrons. The molecule has 1 unspecified atom stereocenters. The number of hydrogen-bond donors (Lipinski definition) is 2. The second-order valence-corrected chi connectivity index (χ2v) is 8.16. The Hall–Kier alpha value is -1.98. The first-order valence-electron chi connectivity index (χ1n) is 9.15. The number of aryl methyl sites for hydroxylation is 1. The van der Waals surface area contributed by atoms with Crippen molar-refractivity contribution in [2.45, 2.75) is 52.5 Å². The Balaban J connectivity index is 1.64. The molecule has 1 atom stereocenters. The fourth-order valence-corrected chi connectivity index (χ4v) is 4.10. The Kier molecular flexibility index (Phi) is 4.80. The molecule has 2 N–H and O–H groups in total. The van der Waals surface area contributed by atoms with E-state index in [2.05, 4.69) is 24.5 Å². The molecule has 1 aliphatic heterocycles. The number of piperidine rings is 1. The predicted octanol–water partition coefficient (Wildman–Crippen LogP) is 2.77. The van der Waals surface area contributed by atoms with E-state index in [1.807, 2.05) is 17.9 Å². The van der Waals surface area contributed by atoms with Gasteiger partial charge in [-0.3, -0.25) is 4.79 Å². The number of likely N-dealkylation sites (tertiary alicyclic amines) is 1. The number of rotatable bonds is 2. The van der Waals surface area contributed by atoms with Crippen LogP contribution in [0.3, 0.4) is 0 Å². The number of carbonyl (C=O) groups is 2. The molecule has 25 heavy (non-hydrogen) atoms. The molecule has 6 nitrogen and oxygen atoms in total. The third kappa shape index (κ3) is 3.83. The number of urea groups is 1. The Bertz CT molecular complexity index is 657. The Labute approximate surface area is 149 Å². The quantitative estimate of drug-likeness (QED) is 0.864. The highest BCUT2D eigenvalue weighted by molar-refractivity contribution is 5.79. The highest BCUT2D eigenvalue weighted by Gasteiger charge is 2.36. The van der Waals surface area contributed by atoms with Crippen molar-refractivity contribution in [3.63, 3.8) is 0 Å². The summed E-state index contributed by atoms with van der Waals surface area (Å²) in [5.74, 6) is 1.99. The van der Waals surface area contributed by atoms with E-state index < -0.39 is 0 Å². The lowest BCUT2D eigenvalue weighted by Crippen LogP contribution is -2.48. The van der Waals surface area contributed by atoms with Crippen molar-refractivity contribution in [1.29, 1.82) is 0 Å². The van der Waals surface area contributed by atoms with Gasteiger partial charge in [0, 0.05) is 38.0 Å². The summed E-state index contributed by atoms with van der Waals surface area (Å²) >= 11 is 0. The molecule has 138 valence electrons. The van der Waals surface area contributed by atoms with E-state index in [0.29, 0.717) is 13.1 Å². The maximum atomic E-state index is 12.7. The van der Waals surface area contributed by atoms with Gasteiger partial charge >= 0.3 is 6.03 Å². The van der Waals surface area contributed by atoms with Crippen molar-refractivity contribution in [3.05, 3.63) is 23.2 Å². The summed E-state index contributed by atoms with van der Waals surface area (Å²) in [6.07, 6.45) is 3.25. The van der Waals surface area contributed by atoms with Crippen molar-refractivity contribution >= 4 is 11.9 Å². The number of nitrogens with zero attached hydrogens (tertiary/aromatic N) is 1. The van der Waals surface area contributed by atoms with Gasteiger partial charge in [0.05, 0.1) is 6.04 Å². The topological polar surface area (TPSA) is 74.6 Å². The van der Waals surface area contributed by atoms with Gasteiger partial charge in [-0.1, -0.05) is 13.8 Å². The Morgan fingerprint density at radius 3 is 2.60 bits per heavy atom. The standard InChI is InChI=1S/C19H29N3O3/c1-12-9-14-15(10-19(2,3)11-16(14)25-12)21-18(24)22-7-5-13(6-8-22)17(23)20-4/h9,13,15H,5-8,10-11H2,1-4H3,(H,20,23)(H,21,24). The molecule has 6 heteroatoms. The second-order valence-electron chi connectivity index (χ2n) is 8.16. The Morgan fingerprint density at radius 1 is 1.28 bits per heavy atom. The van der Waals surface area contributed by atoms with Gasteiger partial charge < -0.3 is 20.0 Å². The number of carbonyl (C=O) groups excluding carboxylic acids is 2. The Morgan fingerprint density at radius 2 is 1.96 bits per heavy atom. The van der Waals surface area contributed by atoms with Crippen LogP contribution in [0.25, 0.3) is 0 Å². The van der Waals surface area contributed by atoms with Gasteiger partial charge in [0.25, 0.3) is 0 Å². The number of fused-ring (bicyclic) bond motifs is 1. The molecule has 2 heterocycles. The molecule has 1 aliphatic carbocycles. The van der Waals surface area contributed by atoms with Crippen molar-refractivity contribution in [2.24, 2.45) is 11.3 Å². The molecule has 1 aromatic rings. The lowest BCUT2D eigenvalue weighted by Gasteiger charge is -2.37. The third-order valence-corrected chi connectivity index (χ3v) is 5.43. The first-order chi connectivity index (χ1) is 11.8. The summed E-state index contributed by atoms with van der Waals surface area (Å²) < 4.78 is 5.84. The number of nitrogens with one attached hydrogen (secondary N) is 2. The lowest BCUT2D eigenvalue weighted by molar-refractivity contribution is -0.125. The second kappa shape index (κ2) is 6.73. The average Bonchev–Trinajstić information content (AvgIpc) is 2.93. The van der Waals surface area contributed by atoms with Crippen molar-refractivity contribution in [1.82, 2.24) is 15.5 Å². The minimum absolute atomic E-state index is 0.0136. The SMILES string of the molecule is CNC(=O)C1CCN(C(=O)NC2CC(C)(C)Cc3oc(C)cc32)CC1. The highest BCUT2D eigenvalue weighted by atomic mass is 16.3. The van der Waals surface area contributed by atoms with Gasteiger partial charge in [-0.05, 0) is 37.7 Å². The predicted molar refractivity (Wildman–Crippen MR) is 95.2 cm³/mol. The fourth-order valence-electron chi connectivity index (χ4n) is 4.10. The summed E-state index contributed by atoms with van der Waals surface area (Å²) in [5, 5.41) is 5.90. The third-order valence-electron chi connectivity index (χ3n) is 5.43. The molecule has 1 fully saturated rings. The van der Waals surface area contributed by atoms with Crippen LogP contribution in [0.2, 0.25) is 0 Å². The number of furan rings is 1. The summed E-state index contributed by atoms with van der Waals surface area (Å²) in [4.78, 5) is 26.3. The molecule has 3 amide bonds. The van der Waals surface area contributed by atoms with Crippen LogP contribution in [0.4, 0.5) is 4.79 Å². The van der Waals surface area contributed by atoms with Crippen LogP contribution < -0.4 is 10.6 Å². The number of hydrogen-bond acceptors (Lipinski definition) is 3. The minimum Gasteiger partial charge on any atom is -0.466 e. The van der Waals surface area contributed by atoms with Crippen LogP contribution in [0.5, 0.6) is 0 Å². The zero-order valence-electron chi connectivity index (χ0n) is 15.6. The highest BCUT2D eigenvalue weighted by Crippen LogP contribution is 2.42. The molecular weight excluding hydrogens is 318 g/mol. The number of amides is 3. The largest absolute Gasteiger partial charge is 0.466 e. The van der Waals surface area contributed by atoms with Gasteiger partial charge in [0.2, 0.25) is 5.91 Å². The molecule has 0 aromatic carbocycles. The van der Waals surface area contributed by atoms with Crippen LogP contribution in [0.15, 0.2) is 10.5 Å². The molecule has 1 saturated heterocycles. The van der Waals surface area contributed by atoms with Crippen LogP contribution in [-0.2, 0) is 11.2 Å². The maximum absolute atomic E-state index is 12.7. The van der Waals surface area contributed by atoms with Crippen LogP contribution in [-0.4, -0.2) is 37.0 Å². The monoisotopic (exact) mass is 347 g/mol. The van der Waals surface area contributed by atoms with E-state index in [9.17, 15) is 9.59 Å². The summed E-state index contributed by atoms with van der Waals surface area (Å²) in [6, 6.07) is 2.00.